The Kier molecular flexibility index (Phi) is 6.12. The first-order valence-electron chi connectivity index (χ1n) is 10.5. The zero-order chi connectivity index (χ0) is 22.0. The van der Waals surface area contributed by atoms with Crippen LogP contribution in [0.2, 0.25) is 0 Å². The highest BCUT2D eigenvalue weighted by atomic mass is 19.4. The standard InChI is InChI=1S/C20H26F3N7O/c1-13-12-30(8-9-31-13)19-27-17(14-11-25-16(24)10-15(14)20(21,22)23)26-18(28-19)29-6-4-2-3-5-7-29/h10-11,13H,2-9,12H2,1H3,(H2,24,25)/t13-/m0/s1. The fraction of sp³-hybridized carbons (Fsp3) is 0.600. The molecule has 0 aromatic carbocycles. The van der Waals surface area contributed by atoms with Crippen molar-refractivity contribution in [1.29, 1.82) is 0 Å². The van der Waals surface area contributed by atoms with Crippen LogP contribution in [0.4, 0.5) is 30.9 Å². The first-order chi connectivity index (χ1) is 14.8. The van der Waals surface area contributed by atoms with Crippen LogP contribution in [-0.2, 0) is 10.9 Å². The number of anilines is 3. The van der Waals surface area contributed by atoms with E-state index in [1.165, 1.54) is 0 Å². The van der Waals surface area contributed by atoms with Gasteiger partial charge in [0.05, 0.1) is 23.8 Å². The van der Waals surface area contributed by atoms with Gasteiger partial charge in [-0.2, -0.15) is 28.1 Å². The summed E-state index contributed by atoms with van der Waals surface area (Å²) in [5, 5.41) is 0. The fourth-order valence-corrected chi connectivity index (χ4v) is 3.91. The lowest BCUT2D eigenvalue weighted by molar-refractivity contribution is -0.137. The van der Waals surface area contributed by atoms with Gasteiger partial charge in [0.2, 0.25) is 11.9 Å². The molecule has 0 bridgehead atoms. The highest BCUT2D eigenvalue weighted by molar-refractivity contribution is 5.64. The number of rotatable bonds is 3. The number of alkyl halides is 3. The summed E-state index contributed by atoms with van der Waals surface area (Å²) in [4.78, 5) is 21.3. The van der Waals surface area contributed by atoms with Crippen molar-refractivity contribution in [2.24, 2.45) is 0 Å². The minimum absolute atomic E-state index is 0.0282. The number of nitrogen functional groups attached to an aromatic ring is 1. The lowest BCUT2D eigenvalue weighted by Gasteiger charge is -2.32. The van der Waals surface area contributed by atoms with E-state index in [9.17, 15) is 13.2 Å². The predicted molar refractivity (Wildman–Crippen MR) is 111 cm³/mol. The second-order valence-corrected chi connectivity index (χ2v) is 7.94. The number of hydrogen-bond donors (Lipinski definition) is 1. The molecule has 11 heteroatoms. The van der Waals surface area contributed by atoms with E-state index in [0.29, 0.717) is 31.6 Å². The van der Waals surface area contributed by atoms with Crippen LogP contribution in [-0.4, -0.2) is 58.8 Å². The van der Waals surface area contributed by atoms with E-state index in [1.54, 1.807) is 0 Å². The van der Waals surface area contributed by atoms with Gasteiger partial charge in [-0.3, -0.25) is 0 Å². The van der Waals surface area contributed by atoms with Gasteiger partial charge >= 0.3 is 6.18 Å². The first kappa shape index (κ1) is 21.5. The Hall–Kier alpha value is -2.69. The molecule has 4 rings (SSSR count). The molecule has 4 heterocycles. The molecule has 0 radical (unpaired) electrons. The molecule has 0 aliphatic carbocycles. The Morgan fingerprint density at radius 1 is 1.00 bits per heavy atom. The van der Waals surface area contributed by atoms with E-state index < -0.39 is 11.7 Å². The van der Waals surface area contributed by atoms with Crippen molar-refractivity contribution < 1.29 is 17.9 Å². The average molecular weight is 437 g/mol. The van der Waals surface area contributed by atoms with Gasteiger partial charge in [-0.25, -0.2) is 4.98 Å². The topological polar surface area (TPSA) is 93.3 Å². The van der Waals surface area contributed by atoms with Crippen LogP contribution in [0.1, 0.15) is 38.2 Å². The Bertz CT molecular complexity index is 896. The Morgan fingerprint density at radius 3 is 2.32 bits per heavy atom. The van der Waals surface area contributed by atoms with Gasteiger partial charge in [0.25, 0.3) is 0 Å². The summed E-state index contributed by atoms with van der Waals surface area (Å²) in [7, 11) is 0. The number of morpholine rings is 1. The number of ether oxygens (including phenoxy) is 1. The zero-order valence-electron chi connectivity index (χ0n) is 17.4. The SMILES string of the molecule is C[C@H]1CN(c2nc(-c3cnc(N)cc3C(F)(F)F)nc(N3CCCCCC3)n2)CCO1. The summed E-state index contributed by atoms with van der Waals surface area (Å²) in [5.74, 6) is 0.485. The van der Waals surface area contributed by atoms with Crippen LogP contribution < -0.4 is 15.5 Å². The van der Waals surface area contributed by atoms with Gasteiger partial charge in [0, 0.05) is 32.4 Å². The highest BCUT2D eigenvalue weighted by Crippen LogP contribution is 2.37. The highest BCUT2D eigenvalue weighted by Gasteiger charge is 2.36. The molecule has 0 saturated carbocycles. The van der Waals surface area contributed by atoms with Crippen molar-refractivity contribution in [3.63, 3.8) is 0 Å². The van der Waals surface area contributed by atoms with Crippen LogP contribution in [0.15, 0.2) is 12.3 Å². The lowest BCUT2D eigenvalue weighted by Crippen LogP contribution is -2.42. The van der Waals surface area contributed by atoms with E-state index in [0.717, 1.165) is 51.0 Å². The molecule has 8 nitrogen and oxygen atoms in total. The van der Waals surface area contributed by atoms with Crippen LogP contribution in [0, 0.1) is 0 Å². The molecule has 2 aliphatic heterocycles. The minimum Gasteiger partial charge on any atom is -0.384 e. The Balaban J connectivity index is 1.82. The molecular weight excluding hydrogens is 411 g/mol. The molecule has 31 heavy (non-hydrogen) atoms. The molecular formula is C20H26F3N7O. The largest absolute Gasteiger partial charge is 0.417 e. The van der Waals surface area contributed by atoms with Crippen molar-refractivity contribution in [3.05, 3.63) is 17.8 Å². The van der Waals surface area contributed by atoms with Gasteiger partial charge in [0.15, 0.2) is 5.82 Å². The van der Waals surface area contributed by atoms with Crippen LogP contribution in [0.3, 0.4) is 0 Å². The van der Waals surface area contributed by atoms with E-state index in [-0.39, 0.29) is 23.3 Å². The summed E-state index contributed by atoms with van der Waals surface area (Å²) in [6.07, 6.45) is 0.648. The summed E-state index contributed by atoms with van der Waals surface area (Å²) < 4.78 is 46.8. The number of pyridine rings is 1. The molecule has 0 amide bonds. The fourth-order valence-electron chi connectivity index (χ4n) is 3.91. The molecule has 2 aromatic heterocycles. The summed E-state index contributed by atoms with van der Waals surface area (Å²) in [6, 6.07) is 0.821. The number of aromatic nitrogens is 4. The normalized spacial score (nSPS) is 20.6. The quantitative estimate of drug-likeness (QED) is 0.783. The number of nitrogens with two attached hydrogens (primary N) is 1. The molecule has 0 unspecified atom stereocenters. The predicted octanol–water partition coefficient (Wildman–Crippen LogP) is 3.14. The van der Waals surface area contributed by atoms with E-state index in [1.807, 2.05) is 16.7 Å². The summed E-state index contributed by atoms with van der Waals surface area (Å²) >= 11 is 0. The molecule has 2 fully saturated rings. The van der Waals surface area contributed by atoms with E-state index in [2.05, 4.69) is 19.9 Å². The lowest BCUT2D eigenvalue weighted by atomic mass is 10.1. The van der Waals surface area contributed by atoms with Crippen LogP contribution in [0.5, 0.6) is 0 Å². The van der Waals surface area contributed by atoms with Crippen LogP contribution >= 0.6 is 0 Å². The van der Waals surface area contributed by atoms with Gasteiger partial charge in [-0.1, -0.05) is 12.8 Å². The second kappa shape index (κ2) is 8.81. The van der Waals surface area contributed by atoms with Gasteiger partial charge in [0.1, 0.15) is 5.82 Å². The number of halogens is 3. The molecule has 168 valence electrons. The Morgan fingerprint density at radius 2 is 1.68 bits per heavy atom. The van der Waals surface area contributed by atoms with Crippen LogP contribution in [0.25, 0.3) is 11.4 Å². The maximum atomic E-state index is 13.7. The Labute approximate surface area is 178 Å². The third kappa shape index (κ3) is 4.97. The monoisotopic (exact) mass is 437 g/mol. The minimum atomic E-state index is -4.62. The molecule has 0 spiro atoms. The van der Waals surface area contributed by atoms with Crippen molar-refractivity contribution in [2.75, 3.05) is 48.3 Å². The first-order valence-corrected chi connectivity index (χ1v) is 10.5. The molecule has 2 aliphatic rings. The second-order valence-electron chi connectivity index (χ2n) is 7.94. The molecule has 1 atom stereocenters. The molecule has 2 aromatic rings. The maximum absolute atomic E-state index is 13.7. The average Bonchev–Trinajstić information content (AvgIpc) is 3.02. The third-order valence-electron chi connectivity index (χ3n) is 5.50. The van der Waals surface area contributed by atoms with E-state index >= 15 is 0 Å². The number of nitrogens with zero attached hydrogens (tertiary/aromatic N) is 6. The molecule has 2 saturated heterocycles. The summed E-state index contributed by atoms with van der Waals surface area (Å²) in [6.45, 7) is 5.06. The maximum Gasteiger partial charge on any atom is 0.417 e. The van der Waals surface area contributed by atoms with Gasteiger partial charge < -0.3 is 20.3 Å². The third-order valence-corrected chi connectivity index (χ3v) is 5.50. The van der Waals surface area contributed by atoms with Crippen molar-refractivity contribution in [1.82, 2.24) is 19.9 Å². The molecule has 2 N–H and O–H groups in total. The number of hydrogen-bond acceptors (Lipinski definition) is 8. The van der Waals surface area contributed by atoms with Crippen molar-refractivity contribution >= 4 is 17.7 Å². The smallest absolute Gasteiger partial charge is 0.384 e. The van der Waals surface area contributed by atoms with Crippen molar-refractivity contribution in [3.8, 4) is 11.4 Å². The van der Waals surface area contributed by atoms with Gasteiger partial charge in [-0.15, -0.1) is 0 Å². The van der Waals surface area contributed by atoms with E-state index in [4.69, 9.17) is 10.5 Å². The zero-order valence-corrected chi connectivity index (χ0v) is 17.4. The van der Waals surface area contributed by atoms with Crippen molar-refractivity contribution in [2.45, 2.75) is 44.9 Å². The summed E-state index contributed by atoms with van der Waals surface area (Å²) in [5.41, 5.74) is 4.42. The van der Waals surface area contributed by atoms with Gasteiger partial charge in [-0.05, 0) is 25.8 Å².